The van der Waals surface area contributed by atoms with Crippen LogP contribution in [0.25, 0.3) is 0 Å². The number of rotatable bonds is 15. The lowest BCUT2D eigenvalue weighted by atomic mass is 10.3. The molecule has 0 aromatic carbocycles. The van der Waals surface area contributed by atoms with Gasteiger partial charge < -0.3 is 23.3 Å². The van der Waals surface area contributed by atoms with E-state index in [0.29, 0.717) is 59.0 Å². The summed E-state index contributed by atoms with van der Waals surface area (Å²) < 4.78 is 39.9. The topological polar surface area (TPSA) is 127 Å². The fraction of sp³-hybridized carbons (Fsp3) is 0.880. The first-order chi connectivity index (χ1) is 18.7. The van der Waals surface area contributed by atoms with E-state index in [0.717, 1.165) is 0 Å². The van der Waals surface area contributed by atoms with Gasteiger partial charge in [-0.15, -0.1) is 0 Å². The molecule has 1 rings (SSSR count). The minimum absolute atomic E-state index is 0.0875. The summed E-state index contributed by atoms with van der Waals surface area (Å²) in [6.07, 6.45) is 0.0875. The third kappa shape index (κ3) is 15.7. The molecule has 0 unspecified atom stereocenters. The molecule has 0 N–H and O–H groups in total. The van der Waals surface area contributed by atoms with Gasteiger partial charge in [0.15, 0.2) is 0 Å². The van der Waals surface area contributed by atoms with Gasteiger partial charge in [-0.3, -0.25) is 38.5 Å². The first-order valence-electron chi connectivity index (χ1n) is 13.9. The smallest absolute Gasteiger partial charge is 0.344 e. The largest absolute Gasteiger partial charge is 0.465 e. The van der Waals surface area contributed by atoms with Gasteiger partial charge in [0.25, 0.3) is 0 Å². The highest BCUT2D eigenvalue weighted by Crippen LogP contribution is 2.48. The summed E-state index contributed by atoms with van der Waals surface area (Å²) in [6.45, 7) is 14.4. The van der Waals surface area contributed by atoms with Crippen LogP contribution in [-0.2, 0) is 42.2 Å². The molecule has 14 heteroatoms. The summed E-state index contributed by atoms with van der Waals surface area (Å²) >= 11 is 0. The number of hydrogen-bond acceptors (Lipinski definition) is 13. The highest BCUT2D eigenvalue weighted by atomic mass is 31.2. The van der Waals surface area contributed by atoms with E-state index in [9.17, 15) is 18.9 Å². The van der Waals surface area contributed by atoms with Crippen LogP contribution in [0.3, 0.4) is 0 Å². The average molecular weight is 581 g/mol. The van der Waals surface area contributed by atoms with E-state index in [1.807, 2.05) is 19.6 Å². The summed E-state index contributed by atoms with van der Waals surface area (Å²) in [5.41, 5.74) is 0. The van der Waals surface area contributed by atoms with Crippen LogP contribution in [0.15, 0.2) is 0 Å². The van der Waals surface area contributed by atoms with Crippen molar-refractivity contribution in [2.75, 3.05) is 111 Å². The van der Waals surface area contributed by atoms with E-state index < -0.39 is 7.60 Å². The molecule has 39 heavy (non-hydrogen) atoms. The van der Waals surface area contributed by atoms with Crippen LogP contribution in [0, 0.1) is 0 Å². The Bertz CT molecular complexity index is 728. The van der Waals surface area contributed by atoms with Crippen LogP contribution in [0.4, 0.5) is 0 Å². The molecule has 0 radical (unpaired) electrons. The first-order valence-corrected chi connectivity index (χ1v) is 15.7. The SMILES string of the molecule is CCOC(=O)CN1CCN(CC(=O)OCC)CCN(CP(=O)(OCC)OCC)CCN(CC(=O)OCC)CC1. The van der Waals surface area contributed by atoms with Crippen molar-refractivity contribution in [2.24, 2.45) is 0 Å². The van der Waals surface area contributed by atoms with Crippen molar-refractivity contribution in [3.8, 4) is 0 Å². The maximum absolute atomic E-state index is 13.3. The number of hydrogen-bond donors (Lipinski definition) is 0. The maximum atomic E-state index is 13.3. The molecule has 13 nitrogen and oxygen atoms in total. The summed E-state index contributed by atoms with van der Waals surface area (Å²) in [4.78, 5) is 44.8. The molecule has 0 spiro atoms. The summed E-state index contributed by atoms with van der Waals surface area (Å²) in [5.74, 6) is -0.988. The lowest BCUT2D eigenvalue weighted by Gasteiger charge is -2.34. The molecule has 0 aromatic rings. The Balaban J connectivity index is 3.16. The van der Waals surface area contributed by atoms with Gasteiger partial charge in [-0.2, -0.15) is 0 Å². The summed E-state index contributed by atoms with van der Waals surface area (Å²) in [6, 6.07) is 0. The van der Waals surface area contributed by atoms with Crippen LogP contribution in [0.1, 0.15) is 34.6 Å². The van der Waals surface area contributed by atoms with Gasteiger partial charge in [-0.1, -0.05) is 0 Å². The molecular formula is C25H49N4O9P. The second-order valence-electron chi connectivity index (χ2n) is 8.95. The zero-order chi connectivity index (χ0) is 29.1. The second kappa shape index (κ2) is 20.3. The van der Waals surface area contributed by atoms with Crippen molar-refractivity contribution < 1.29 is 42.2 Å². The van der Waals surface area contributed by atoms with Crippen LogP contribution in [0.2, 0.25) is 0 Å². The van der Waals surface area contributed by atoms with Gasteiger partial charge in [0.05, 0.1) is 52.7 Å². The Morgan fingerprint density at radius 2 is 0.795 bits per heavy atom. The normalized spacial score (nSPS) is 17.7. The Morgan fingerprint density at radius 1 is 0.513 bits per heavy atom. The van der Waals surface area contributed by atoms with Gasteiger partial charge >= 0.3 is 25.5 Å². The lowest BCUT2D eigenvalue weighted by Crippen LogP contribution is -2.49. The minimum Gasteiger partial charge on any atom is -0.465 e. The Labute approximate surface area is 233 Å². The van der Waals surface area contributed by atoms with Crippen LogP contribution < -0.4 is 0 Å². The van der Waals surface area contributed by atoms with Gasteiger partial charge in [0.1, 0.15) is 6.29 Å². The molecule has 1 heterocycles. The minimum atomic E-state index is -3.37. The molecule has 0 amide bonds. The van der Waals surface area contributed by atoms with Crippen molar-refractivity contribution in [3.05, 3.63) is 0 Å². The van der Waals surface area contributed by atoms with Gasteiger partial charge in [0, 0.05) is 52.4 Å². The second-order valence-corrected chi connectivity index (χ2v) is 11.0. The van der Waals surface area contributed by atoms with Crippen molar-refractivity contribution >= 4 is 25.5 Å². The molecule has 0 aromatic heterocycles. The van der Waals surface area contributed by atoms with Crippen molar-refractivity contribution in [2.45, 2.75) is 34.6 Å². The monoisotopic (exact) mass is 580 g/mol. The summed E-state index contributed by atoms with van der Waals surface area (Å²) in [7, 11) is -3.37. The summed E-state index contributed by atoms with van der Waals surface area (Å²) in [5, 5.41) is 0. The molecule has 1 fully saturated rings. The zero-order valence-corrected chi connectivity index (χ0v) is 25.3. The third-order valence-corrected chi connectivity index (χ3v) is 7.98. The first kappa shape index (κ1) is 35.4. The van der Waals surface area contributed by atoms with E-state index in [1.165, 1.54) is 0 Å². The molecule has 1 aliphatic rings. The zero-order valence-electron chi connectivity index (χ0n) is 24.4. The van der Waals surface area contributed by atoms with E-state index in [1.54, 1.807) is 34.6 Å². The fourth-order valence-corrected chi connectivity index (χ4v) is 5.92. The number of carbonyl (C=O) groups excluding carboxylic acids is 3. The standard InChI is InChI=1S/C25H49N4O9P/c1-6-34-23(30)19-26-11-13-27(20-24(31)35-7-2)15-17-29(22-39(33,37-9-4)38-10-5)18-16-28(14-12-26)21-25(32)36-8-3/h6-22H2,1-5H3. The molecule has 0 bridgehead atoms. The highest BCUT2D eigenvalue weighted by molar-refractivity contribution is 7.53. The van der Waals surface area contributed by atoms with Crippen LogP contribution >= 0.6 is 7.60 Å². The predicted molar refractivity (Wildman–Crippen MR) is 147 cm³/mol. The molecule has 0 atom stereocenters. The maximum Gasteiger partial charge on any atom is 0.344 e. The van der Waals surface area contributed by atoms with Gasteiger partial charge in [0.2, 0.25) is 0 Å². The average Bonchev–Trinajstić information content (AvgIpc) is 2.86. The quantitative estimate of drug-likeness (QED) is 0.156. The van der Waals surface area contributed by atoms with E-state index in [2.05, 4.69) is 0 Å². The molecular weight excluding hydrogens is 531 g/mol. The number of ether oxygens (including phenoxy) is 3. The number of esters is 3. The third-order valence-electron chi connectivity index (χ3n) is 5.93. The Kier molecular flexibility index (Phi) is 18.4. The molecule has 0 aliphatic carbocycles. The van der Waals surface area contributed by atoms with Crippen molar-refractivity contribution in [1.82, 2.24) is 19.6 Å². The lowest BCUT2D eigenvalue weighted by molar-refractivity contribution is -0.146. The Hall–Kier alpha value is -1.60. The van der Waals surface area contributed by atoms with Crippen LogP contribution in [0.5, 0.6) is 0 Å². The fourth-order valence-electron chi connectivity index (χ4n) is 4.12. The molecule has 0 saturated carbocycles. The molecule has 228 valence electrons. The van der Waals surface area contributed by atoms with Crippen molar-refractivity contribution in [1.29, 1.82) is 0 Å². The number of carbonyl (C=O) groups is 3. The molecule has 1 saturated heterocycles. The molecule has 1 aliphatic heterocycles. The number of nitrogens with zero attached hydrogens (tertiary/aromatic N) is 4. The Morgan fingerprint density at radius 3 is 1.05 bits per heavy atom. The highest BCUT2D eigenvalue weighted by Gasteiger charge is 2.29. The van der Waals surface area contributed by atoms with E-state index in [-0.39, 0.29) is 70.3 Å². The van der Waals surface area contributed by atoms with Crippen molar-refractivity contribution in [3.63, 3.8) is 0 Å². The van der Waals surface area contributed by atoms with E-state index >= 15 is 0 Å². The van der Waals surface area contributed by atoms with Crippen LogP contribution in [-0.4, -0.2) is 149 Å². The predicted octanol–water partition coefficient (Wildman–Crippen LogP) is 1.12. The van der Waals surface area contributed by atoms with Gasteiger partial charge in [-0.05, 0) is 34.6 Å². The van der Waals surface area contributed by atoms with E-state index in [4.69, 9.17) is 23.3 Å². The van der Waals surface area contributed by atoms with Gasteiger partial charge in [-0.25, -0.2) is 0 Å².